The van der Waals surface area contributed by atoms with E-state index < -0.39 is 0 Å². The van der Waals surface area contributed by atoms with E-state index >= 15 is 0 Å². The van der Waals surface area contributed by atoms with Gasteiger partial charge in [-0.2, -0.15) is 0 Å². The van der Waals surface area contributed by atoms with Crippen LogP contribution in [0.15, 0.2) is 0 Å². The maximum atomic E-state index is 12.1. The van der Waals surface area contributed by atoms with Gasteiger partial charge in [0, 0.05) is 18.7 Å². The van der Waals surface area contributed by atoms with Crippen molar-refractivity contribution in [2.75, 3.05) is 6.61 Å². The van der Waals surface area contributed by atoms with Gasteiger partial charge in [-0.05, 0) is 38.5 Å². The van der Waals surface area contributed by atoms with Crippen molar-refractivity contribution in [1.82, 2.24) is 5.32 Å². The molecule has 0 spiro atoms. The molecule has 1 saturated heterocycles. The molecule has 4 heteroatoms. The van der Waals surface area contributed by atoms with E-state index in [-0.39, 0.29) is 17.9 Å². The van der Waals surface area contributed by atoms with Crippen molar-refractivity contribution in [3.05, 3.63) is 0 Å². The highest BCUT2D eigenvalue weighted by atomic mass is 16.5. The maximum Gasteiger partial charge on any atom is 0.226 e. The van der Waals surface area contributed by atoms with Crippen LogP contribution in [-0.2, 0) is 9.53 Å². The first-order valence-corrected chi connectivity index (χ1v) is 6.88. The topological polar surface area (TPSA) is 64.3 Å². The second-order valence-corrected chi connectivity index (χ2v) is 5.33. The number of hydrogen-bond donors (Lipinski definition) is 2. The number of nitrogens with two attached hydrogens (primary N) is 1. The highest BCUT2D eigenvalue weighted by molar-refractivity contribution is 5.79. The molecule has 2 rings (SSSR count). The van der Waals surface area contributed by atoms with Gasteiger partial charge in [0.25, 0.3) is 0 Å². The SMILES string of the molecule is CCC1OCCC1C(=O)NC1CCC(N)CC1. The zero-order valence-corrected chi connectivity index (χ0v) is 10.7. The molecule has 2 atom stereocenters. The third-order valence-electron chi connectivity index (χ3n) is 4.07. The van der Waals surface area contributed by atoms with Crippen molar-refractivity contribution < 1.29 is 9.53 Å². The average Bonchev–Trinajstić information content (AvgIpc) is 2.80. The monoisotopic (exact) mass is 240 g/mol. The summed E-state index contributed by atoms with van der Waals surface area (Å²) in [6.45, 7) is 2.81. The number of hydrogen-bond acceptors (Lipinski definition) is 3. The fraction of sp³-hybridized carbons (Fsp3) is 0.923. The summed E-state index contributed by atoms with van der Waals surface area (Å²) in [7, 11) is 0. The van der Waals surface area contributed by atoms with Gasteiger partial charge >= 0.3 is 0 Å². The molecule has 1 saturated carbocycles. The quantitative estimate of drug-likeness (QED) is 0.779. The predicted molar refractivity (Wildman–Crippen MR) is 66.5 cm³/mol. The molecule has 3 N–H and O–H groups in total. The van der Waals surface area contributed by atoms with Crippen LogP contribution in [0.25, 0.3) is 0 Å². The smallest absolute Gasteiger partial charge is 0.226 e. The minimum atomic E-state index is 0.0654. The van der Waals surface area contributed by atoms with Crippen molar-refractivity contribution >= 4 is 5.91 Å². The molecule has 17 heavy (non-hydrogen) atoms. The molecule has 4 nitrogen and oxygen atoms in total. The van der Waals surface area contributed by atoms with E-state index in [2.05, 4.69) is 12.2 Å². The Morgan fingerprint density at radius 3 is 2.65 bits per heavy atom. The lowest BCUT2D eigenvalue weighted by molar-refractivity contribution is -0.127. The van der Waals surface area contributed by atoms with E-state index in [9.17, 15) is 4.79 Å². The fourth-order valence-electron chi connectivity index (χ4n) is 2.92. The Morgan fingerprint density at radius 2 is 2.00 bits per heavy atom. The maximum absolute atomic E-state index is 12.1. The summed E-state index contributed by atoms with van der Waals surface area (Å²) in [6, 6.07) is 0.668. The summed E-state index contributed by atoms with van der Waals surface area (Å²) in [4.78, 5) is 12.1. The average molecular weight is 240 g/mol. The lowest BCUT2D eigenvalue weighted by Gasteiger charge is -2.28. The largest absolute Gasteiger partial charge is 0.377 e. The van der Waals surface area contributed by atoms with E-state index in [4.69, 9.17) is 10.5 Å². The number of carbonyl (C=O) groups excluding carboxylic acids is 1. The van der Waals surface area contributed by atoms with Gasteiger partial charge in [0.1, 0.15) is 0 Å². The first-order valence-electron chi connectivity index (χ1n) is 6.88. The molecule has 2 fully saturated rings. The van der Waals surface area contributed by atoms with Crippen LogP contribution in [0.3, 0.4) is 0 Å². The number of rotatable bonds is 3. The third-order valence-corrected chi connectivity index (χ3v) is 4.07. The van der Waals surface area contributed by atoms with Crippen LogP contribution in [0.4, 0.5) is 0 Å². The fourth-order valence-corrected chi connectivity index (χ4v) is 2.92. The Morgan fingerprint density at radius 1 is 1.29 bits per heavy atom. The van der Waals surface area contributed by atoms with Crippen LogP contribution in [0, 0.1) is 5.92 Å². The second-order valence-electron chi connectivity index (χ2n) is 5.33. The molecule has 1 aliphatic carbocycles. The van der Waals surface area contributed by atoms with E-state index in [1.807, 2.05) is 0 Å². The highest BCUT2D eigenvalue weighted by Gasteiger charge is 2.34. The van der Waals surface area contributed by atoms with Gasteiger partial charge in [-0.25, -0.2) is 0 Å². The number of amides is 1. The van der Waals surface area contributed by atoms with Gasteiger partial charge in [-0.1, -0.05) is 6.92 Å². The van der Waals surface area contributed by atoms with E-state index in [0.29, 0.717) is 12.1 Å². The minimum Gasteiger partial charge on any atom is -0.377 e. The molecule has 0 aromatic rings. The number of ether oxygens (including phenoxy) is 1. The van der Waals surface area contributed by atoms with Gasteiger partial charge < -0.3 is 15.8 Å². The zero-order valence-electron chi connectivity index (χ0n) is 10.7. The van der Waals surface area contributed by atoms with Crippen LogP contribution < -0.4 is 11.1 Å². The number of carbonyl (C=O) groups is 1. The Bertz CT molecular complexity index is 262. The van der Waals surface area contributed by atoms with Crippen molar-refractivity contribution in [2.45, 2.75) is 63.6 Å². The molecule has 98 valence electrons. The summed E-state index contributed by atoms with van der Waals surface area (Å²) in [5.41, 5.74) is 5.86. The Balaban J connectivity index is 1.80. The van der Waals surface area contributed by atoms with Gasteiger partial charge in [0.05, 0.1) is 12.0 Å². The van der Waals surface area contributed by atoms with Crippen molar-refractivity contribution in [1.29, 1.82) is 0 Å². The third kappa shape index (κ3) is 3.19. The van der Waals surface area contributed by atoms with E-state index in [1.54, 1.807) is 0 Å². The minimum absolute atomic E-state index is 0.0654. The van der Waals surface area contributed by atoms with Crippen LogP contribution in [0.1, 0.15) is 45.4 Å². The highest BCUT2D eigenvalue weighted by Crippen LogP contribution is 2.24. The van der Waals surface area contributed by atoms with Crippen molar-refractivity contribution in [2.24, 2.45) is 11.7 Å². The van der Waals surface area contributed by atoms with Crippen molar-refractivity contribution in [3.63, 3.8) is 0 Å². The first kappa shape index (κ1) is 12.8. The van der Waals surface area contributed by atoms with E-state index in [1.165, 1.54) is 0 Å². The molecule has 2 aliphatic rings. The summed E-state index contributed by atoms with van der Waals surface area (Å²) in [5.74, 6) is 0.255. The lowest BCUT2D eigenvalue weighted by Crippen LogP contribution is -2.44. The van der Waals surface area contributed by atoms with Crippen LogP contribution in [-0.4, -0.2) is 30.7 Å². The Kier molecular flexibility index (Phi) is 4.40. The normalized spacial score (nSPS) is 38.0. The molecule has 2 unspecified atom stereocenters. The number of nitrogens with one attached hydrogen (secondary N) is 1. The van der Waals surface area contributed by atoms with Crippen molar-refractivity contribution in [3.8, 4) is 0 Å². The Hall–Kier alpha value is -0.610. The predicted octanol–water partition coefficient (Wildman–Crippen LogP) is 1.19. The standard InChI is InChI=1S/C13H24N2O2/c1-2-12-11(7-8-17-12)13(16)15-10-5-3-9(14)4-6-10/h9-12H,2-8,14H2,1H3,(H,15,16). The van der Waals surface area contributed by atoms with Crippen LogP contribution in [0.5, 0.6) is 0 Å². The summed E-state index contributed by atoms with van der Waals surface area (Å²) >= 11 is 0. The molecule has 1 heterocycles. The molecule has 0 radical (unpaired) electrons. The molecule has 1 amide bonds. The lowest BCUT2D eigenvalue weighted by atomic mass is 9.90. The summed E-state index contributed by atoms with van der Waals surface area (Å²) < 4.78 is 5.56. The zero-order chi connectivity index (χ0) is 12.3. The molecular weight excluding hydrogens is 216 g/mol. The molecule has 0 aromatic heterocycles. The first-order chi connectivity index (χ1) is 8.20. The molecule has 1 aliphatic heterocycles. The summed E-state index contributed by atoms with van der Waals surface area (Å²) in [6.07, 6.45) is 6.03. The van der Waals surface area contributed by atoms with E-state index in [0.717, 1.165) is 45.1 Å². The summed E-state index contributed by atoms with van der Waals surface area (Å²) in [5, 5.41) is 3.17. The van der Waals surface area contributed by atoms with Crippen LogP contribution >= 0.6 is 0 Å². The molecule has 0 bridgehead atoms. The second kappa shape index (κ2) is 5.83. The molecular formula is C13H24N2O2. The van der Waals surface area contributed by atoms with Gasteiger partial charge in [-0.15, -0.1) is 0 Å². The van der Waals surface area contributed by atoms with Gasteiger partial charge in [0.15, 0.2) is 0 Å². The molecule has 0 aromatic carbocycles. The Labute approximate surface area is 103 Å². The van der Waals surface area contributed by atoms with Crippen LogP contribution in [0.2, 0.25) is 0 Å². The van der Waals surface area contributed by atoms with Gasteiger partial charge in [-0.3, -0.25) is 4.79 Å². The van der Waals surface area contributed by atoms with Gasteiger partial charge in [0.2, 0.25) is 5.91 Å².